The minimum atomic E-state index is -0.0677. The van der Waals surface area contributed by atoms with Gasteiger partial charge in [0.05, 0.1) is 11.1 Å². The molecule has 0 radical (unpaired) electrons. The largest absolute Gasteiger partial charge is 0.478 e. The van der Waals surface area contributed by atoms with Crippen LogP contribution in [0.4, 0.5) is 0 Å². The van der Waals surface area contributed by atoms with Crippen molar-refractivity contribution >= 4 is 23.2 Å². The van der Waals surface area contributed by atoms with Gasteiger partial charge in [0.2, 0.25) is 5.78 Å². The molecular weight excluding hydrogens is 370 g/mol. The minimum absolute atomic E-state index is 0.0677. The molecule has 3 aromatic rings. The first-order valence-electron chi connectivity index (χ1n) is 9.22. The first-order chi connectivity index (χ1) is 13.7. The fourth-order valence-electron chi connectivity index (χ4n) is 3.56. The number of ether oxygens (including phenoxy) is 2. The SMILES string of the molecule is Cc1ccc(CN2COc3ccc4c(c3C2)O/C(=C\c2cccs2)C4=O)cc1. The molecule has 5 rings (SSSR count). The number of allylic oxidation sites excluding steroid dienone is 1. The van der Waals surface area contributed by atoms with E-state index in [1.807, 2.05) is 29.7 Å². The highest BCUT2D eigenvalue weighted by Crippen LogP contribution is 2.42. The Morgan fingerprint density at radius 2 is 2.00 bits per heavy atom. The number of carbonyl (C=O) groups is 1. The molecule has 0 atom stereocenters. The Morgan fingerprint density at radius 3 is 2.79 bits per heavy atom. The Kier molecular flexibility index (Phi) is 4.26. The molecule has 0 saturated carbocycles. The fraction of sp³-hybridized carbons (Fsp3) is 0.174. The van der Waals surface area contributed by atoms with Crippen LogP contribution in [0.25, 0.3) is 6.08 Å². The van der Waals surface area contributed by atoms with Gasteiger partial charge in [-0.15, -0.1) is 11.3 Å². The summed E-state index contributed by atoms with van der Waals surface area (Å²) in [6.07, 6.45) is 1.81. The van der Waals surface area contributed by atoms with Gasteiger partial charge in [-0.3, -0.25) is 9.69 Å². The summed E-state index contributed by atoms with van der Waals surface area (Å²) in [4.78, 5) is 16.0. The van der Waals surface area contributed by atoms with E-state index in [2.05, 4.69) is 36.1 Å². The number of benzene rings is 2. The molecule has 0 N–H and O–H groups in total. The van der Waals surface area contributed by atoms with Crippen LogP contribution in [0.15, 0.2) is 59.7 Å². The molecule has 3 heterocycles. The number of aryl methyl sites for hydroxylation is 1. The number of hydrogen-bond donors (Lipinski definition) is 0. The number of rotatable bonds is 3. The molecule has 0 aliphatic carbocycles. The van der Waals surface area contributed by atoms with Crippen LogP contribution in [0.3, 0.4) is 0 Å². The normalized spacial score (nSPS) is 17.2. The summed E-state index contributed by atoms with van der Waals surface area (Å²) in [6.45, 7) is 4.08. The Labute approximate surface area is 167 Å². The van der Waals surface area contributed by atoms with Gasteiger partial charge in [0.15, 0.2) is 5.76 Å². The van der Waals surface area contributed by atoms with E-state index in [4.69, 9.17) is 9.47 Å². The Bertz CT molecular complexity index is 1070. The minimum Gasteiger partial charge on any atom is -0.478 e. The summed E-state index contributed by atoms with van der Waals surface area (Å²) in [5.74, 6) is 1.74. The van der Waals surface area contributed by atoms with Crippen LogP contribution < -0.4 is 9.47 Å². The van der Waals surface area contributed by atoms with E-state index in [1.54, 1.807) is 17.4 Å². The summed E-state index contributed by atoms with van der Waals surface area (Å²) in [5.41, 5.74) is 4.04. The van der Waals surface area contributed by atoms with Crippen molar-refractivity contribution in [3.8, 4) is 11.5 Å². The van der Waals surface area contributed by atoms with Crippen LogP contribution in [0.5, 0.6) is 11.5 Å². The quantitative estimate of drug-likeness (QED) is 0.589. The molecule has 0 saturated heterocycles. The van der Waals surface area contributed by atoms with Crippen molar-refractivity contribution in [3.63, 3.8) is 0 Å². The standard InChI is InChI=1S/C23H19NO3S/c1-15-4-6-16(7-5-15)12-24-13-19-20(26-14-24)9-8-18-22(25)21(27-23(18)19)11-17-3-2-10-28-17/h2-11H,12-14H2,1H3/b21-11-. The third-order valence-corrected chi connectivity index (χ3v) is 5.84. The van der Waals surface area contributed by atoms with E-state index in [-0.39, 0.29) is 5.78 Å². The second-order valence-electron chi connectivity index (χ2n) is 7.12. The van der Waals surface area contributed by atoms with E-state index in [9.17, 15) is 4.79 Å². The molecule has 5 heteroatoms. The van der Waals surface area contributed by atoms with Crippen molar-refractivity contribution in [1.82, 2.24) is 4.90 Å². The van der Waals surface area contributed by atoms with Gasteiger partial charge in [-0.25, -0.2) is 0 Å². The lowest BCUT2D eigenvalue weighted by Crippen LogP contribution is -2.31. The fourth-order valence-corrected chi connectivity index (χ4v) is 4.21. The van der Waals surface area contributed by atoms with Crippen LogP contribution in [-0.4, -0.2) is 17.4 Å². The van der Waals surface area contributed by atoms with Crippen molar-refractivity contribution in [2.75, 3.05) is 6.73 Å². The Balaban J connectivity index is 1.42. The maximum atomic E-state index is 12.8. The van der Waals surface area contributed by atoms with E-state index in [0.717, 1.165) is 22.7 Å². The molecular formula is C23H19NO3S. The summed E-state index contributed by atoms with van der Waals surface area (Å²) in [7, 11) is 0. The zero-order valence-electron chi connectivity index (χ0n) is 15.5. The highest BCUT2D eigenvalue weighted by molar-refractivity contribution is 7.10. The smallest absolute Gasteiger partial charge is 0.232 e. The number of Topliss-reactive ketones (excluding diaryl/α,β-unsaturated/α-hetero) is 1. The van der Waals surface area contributed by atoms with Crippen LogP contribution >= 0.6 is 11.3 Å². The van der Waals surface area contributed by atoms with Crippen molar-refractivity contribution < 1.29 is 14.3 Å². The van der Waals surface area contributed by atoms with Crippen molar-refractivity contribution in [2.45, 2.75) is 20.0 Å². The zero-order chi connectivity index (χ0) is 19.1. The molecule has 140 valence electrons. The average Bonchev–Trinajstić information content (AvgIpc) is 3.33. The lowest BCUT2D eigenvalue weighted by atomic mass is 10.0. The van der Waals surface area contributed by atoms with Crippen molar-refractivity contribution in [3.05, 3.63) is 86.8 Å². The van der Waals surface area contributed by atoms with Gasteiger partial charge in [-0.05, 0) is 36.1 Å². The van der Waals surface area contributed by atoms with Gasteiger partial charge < -0.3 is 9.47 Å². The van der Waals surface area contributed by atoms with Crippen LogP contribution in [0.2, 0.25) is 0 Å². The Hall–Kier alpha value is -2.89. The summed E-state index contributed by atoms with van der Waals surface area (Å²) < 4.78 is 12.0. The second-order valence-corrected chi connectivity index (χ2v) is 8.10. The maximum Gasteiger partial charge on any atom is 0.232 e. The molecule has 0 spiro atoms. The highest BCUT2D eigenvalue weighted by atomic mass is 32.1. The van der Waals surface area contributed by atoms with Crippen molar-refractivity contribution in [2.24, 2.45) is 0 Å². The van der Waals surface area contributed by atoms with E-state index in [0.29, 0.717) is 30.3 Å². The predicted octanol–water partition coefficient (Wildman–Crippen LogP) is 5.02. The summed E-state index contributed by atoms with van der Waals surface area (Å²) in [5, 5.41) is 1.98. The monoisotopic (exact) mass is 389 g/mol. The number of hydrogen-bond acceptors (Lipinski definition) is 5. The molecule has 0 bridgehead atoms. The van der Waals surface area contributed by atoms with Gasteiger partial charge in [-0.2, -0.15) is 0 Å². The molecule has 0 fully saturated rings. The average molecular weight is 389 g/mol. The molecule has 2 aromatic carbocycles. The molecule has 2 aliphatic rings. The third-order valence-electron chi connectivity index (χ3n) is 5.03. The first-order valence-corrected chi connectivity index (χ1v) is 10.1. The van der Waals surface area contributed by atoms with Gasteiger partial charge in [0.25, 0.3) is 0 Å². The second kappa shape index (κ2) is 6.93. The van der Waals surface area contributed by atoms with E-state index >= 15 is 0 Å². The third kappa shape index (κ3) is 3.13. The lowest BCUT2D eigenvalue weighted by molar-refractivity contribution is 0.0873. The van der Waals surface area contributed by atoms with E-state index < -0.39 is 0 Å². The van der Waals surface area contributed by atoms with Crippen LogP contribution in [-0.2, 0) is 13.1 Å². The van der Waals surface area contributed by atoms with Gasteiger partial charge >= 0.3 is 0 Å². The molecule has 1 aromatic heterocycles. The molecule has 4 nitrogen and oxygen atoms in total. The topological polar surface area (TPSA) is 38.8 Å². The molecule has 28 heavy (non-hydrogen) atoms. The Morgan fingerprint density at radius 1 is 1.14 bits per heavy atom. The summed E-state index contributed by atoms with van der Waals surface area (Å²) >= 11 is 1.58. The summed E-state index contributed by atoms with van der Waals surface area (Å²) in [6, 6.07) is 16.1. The number of fused-ring (bicyclic) bond motifs is 3. The first kappa shape index (κ1) is 17.2. The van der Waals surface area contributed by atoms with Gasteiger partial charge in [-0.1, -0.05) is 35.9 Å². The van der Waals surface area contributed by atoms with Crippen molar-refractivity contribution in [1.29, 1.82) is 0 Å². The molecule has 2 aliphatic heterocycles. The number of thiophene rings is 1. The molecule has 0 amide bonds. The zero-order valence-corrected chi connectivity index (χ0v) is 16.3. The highest BCUT2D eigenvalue weighted by Gasteiger charge is 2.33. The van der Waals surface area contributed by atoms with Gasteiger partial charge in [0.1, 0.15) is 18.2 Å². The number of carbonyl (C=O) groups excluding carboxylic acids is 1. The van der Waals surface area contributed by atoms with Gasteiger partial charge in [0, 0.05) is 24.0 Å². The number of nitrogens with zero attached hydrogens (tertiary/aromatic N) is 1. The predicted molar refractivity (Wildman–Crippen MR) is 110 cm³/mol. The van der Waals surface area contributed by atoms with E-state index in [1.165, 1.54) is 11.1 Å². The van der Waals surface area contributed by atoms with Crippen LogP contribution in [0, 0.1) is 6.92 Å². The van der Waals surface area contributed by atoms with Crippen LogP contribution in [0.1, 0.15) is 31.9 Å². The number of ketones is 1. The maximum absolute atomic E-state index is 12.8. The molecule has 0 unspecified atom stereocenters. The lowest BCUT2D eigenvalue weighted by Gasteiger charge is -2.29.